The first-order valence-corrected chi connectivity index (χ1v) is 11.7. The van der Waals surface area contributed by atoms with Crippen molar-refractivity contribution in [3.63, 3.8) is 0 Å². The third kappa shape index (κ3) is 10.9. The zero-order valence-electron chi connectivity index (χ0n) is 17.1. The summed E-state index contributed by atoms with van der Waals surface area (Å²) in [5.41, 5.74) is 0. The van der Waals surface area contributed by atoms with Gasteiger partial charge in [-0.1, -0.05) is 19.3 Å². The summed E-state index contributed by atoms with van der Waals surface area (Å²) in [6.45, 7) is 5.61. The van der Waals surface area contributed by atoms with Gasteiger partial charge in [0.2, 0.25) is 0 Å². The Morgan fingerprint density at radius 2 is 1.85 bits per heavy atom. The summed E-state index contributed by atoms with van der Waals surface area (Å²) in [6, 6.07) is 0.530. The molecule has 0 radical (unpaired) electrons. The van der Waals surface area contributed by atoms with Crippen LogP contribution in [0.2, 0.25) is 0 Å². The third-order valence-corrected chi connectivity index (χ3v) is 5.92. The highest BCUT2D eigenvalue weighted by Crippen LogP contribution is 2.28. The summed E-state index contributed by atoms with van der Waals surface area (Å²) in [6.07, 6.45) is 8.50. The quantitative estimate of drug-likeness (QED) is 0.288. The Kier molecular flexibility index (Phi) is 13.1. The first-order chi connectivity index (χ1) is 11.7. The van der Waals surface area contributed by atoms with Crippen LogP contribution in [0.3, 0.4) is 0 Å². The lowest BCUT2D eigenvalue weighted by Gasteiger charge is -2.34. The molecule has 2 unspecified atom stereocenters. The van der Waals surface area contributed by atoms with Crippen LogP contribution in [0.1, 0.15) is 52.4 Å². The first-order valence-electron chi connectivity index (χ1n) is 9.62. The van der Waals surface area contributed by atoms with E-state index in [1.54, 1.807) is 0 Å². The van der Waals surface area contributed by atoms with Crippen LogP contribution in [0.15, 0.2) is 4.99 Å². The molecule has 1 aliphatic rings. The van der Waals surface area contributed by atoms with Crippen LogP contribution in [0.4, 0.5) is 0 Å². The molecule has 0 heterocycles. The SMILES string of the molecule is CCNC(=NCC(C1CCCCC1)N(C)C)NC(C)CCS(C)(=O)=O.I. The molecule has 2 atom stereocenters. The molecule has 1 aliphatic carbocycles. The number of rotatable bonds is 9. The molecular weight excluding hydrogens is 463 g/mol. The maximum atomic E-state index is 11.3. The molecule has 0 bridgehead atoms. The molecule has 0 aliphatic heterocycles. The van der Waals surface area contributed by atoms with Crippen LogP contribution in [0.25, 0.3) is 0 Å². The van der Waals surface area contributed by atoms with Gasteiger partial charge in [-0.2, -0.15) is 0 Å². The molecule has 1 saturated carbocycles. The summed E-state index contributed by atoms with van der Waals surface area (Å²) in [7, 11) is 1.36. The van der Waals surface area contributed by atoms with E-state index in [1.807, 2.05) is 13.8 Å². The van der Waals surface area contributed by atoms with Crippen molar-refractivity contribution in [1.29, 1.82) is 0 Å². The van der Waals surface area contributed by atoms with E-state index in [9.17, 15) is 8.42 Å². The van der Waals surface area contributed by atoms with Crippen molar-refractivity contribution in [2.45, 2.75) is 64.5 Å². The molecular formula is C18H39IN4O2S. The van der Waals surface area contributed by atoms with Crippen LogP contribution in [-0.2, 0) is 9.84 Å². The molecule has 0 spiro atoms. The Balaban J connectivity index is 0.00000625. The molecule has 0 amide bonds. The highest BCUT2D eigenvalue weighted by molar-refractivity contribution is 14.0. The van der Waals surface area contributed by atoms with Crippen LogP contribution in [0, 0.1) is 5.92 Å². The minimum Gasteiger partial charge on any atom is -0.357 e. The maximum Gasteiger partial charge on any atom is 0.191 e. The van der Waals surface area contributed by atoms with Gasteiger partial charge in [-0.15, -0.1) is 24.0 Å². The summed E-state index contributed by atoms with van der Waals surface area (Å²) in [5, 5.41) is 6.62. The zero-order chi connectivity index (χ0) is 18.9. The molecule has 0 aromatic rings. The highest BCUT2D eigenvalue weighted by Gasteiger charge is 2.25. The minimum atomic E-state index is -2.93. The fourth-order valence-electron chi connectivity index (χ4n) is 3.45. The highest BCUT2D eigenvalue weighted by atomic mass is 127. The molecule has 6 nitrogen and oxygen atoms in total. The molecule has 26 heavy (non-hydrogen) atoms. The van der Waals surface area contributed by atoms with Gasteiger partial charge in [-0.05, 0) is 53.1 Å². The lowest BCUT2D eigenvalue weighted by atomic mass is 9.83. The second-order valence-corrected chi connectivity index (χ2v) is 9.87. The van der Waals surface area contributed by atoms with Crippen LogP contribution in [0.5, 0.6) is 0 Å². The van der Waals surface area contributed by atoms with E-state index < -0.39 is 9.84 Å². The molecule has 0 saturated heterocycles. The lowest BCUT2D eigenvalue weighted by molar-refractivity contribution is 0.176. The van der Waals surface area contributed by atoms with E-state index in [0.29, 0.717) is 12.5 Å². The van der Waals surface area contributed by atoms with E-state index in [4.69, 9.17) is 4.99 Å². The number of halogens is 1. The fraction of sp³-hybridized carbons (Fsp3) is 0.944. The topological polar surface area (TPSA) is 73.8 Å². The molecule has 2 N–H and O–H groups in total. The Morgan fingerprint density at radius 1 is 1.23 bits per heavy atom. The minimum absolute atomic E-state index is 0. The zero-order valence-corrected chi connectivity index (χ0v) is 20.3. The van der Waals surface area contributed by atoms with E-state index in [0.717, 1.165) is 25.0 Å². The summed E-state index contributed by atoms with van der Waals surface area (Å²) >= 11 is 0. The number of aliphatic imine (C=N–C) groups is 1. The van der Waals surface area contributed by atoms with Crippen molar-refractivity contribution >= 4 is 39.8 Å². The number of sulfone groups is 1. The Labute approximate surface area is 177 Å². The van der Waals surface area contributed by atoms with Crippen LogP contribution in [-0.4, -0.2) is 70.6 Å². The average Bonchev–Trinajstić information content (AvgIpc) is 2.53. The number of guanidine groups is 1. The number of nitrogens with zero attached hydrogens (tertiary/aromatic N) is 2. The number of hydrogen-bond donors (Lipinski definition) is 2. The molecule has 1 fully saturated rings. The largest absolute Gasteiger partial charge is 0.357 e. The predicted octanol–water partition coefficient (Wildman–Crippen LogP) is 2.49. The van der Waals surface area contributed by atoms with E-state index in [2.05, 4.69) is 29.6 Å². The normalized spacial score (nSPS) is 18.9. The Bertz CT molecular complexity index is 505. The van der Waals surface area contributed by atoms with Crippen molar-refractivity contribution in [3.8, 4) is 0 Å². The third-order valence-electron chi connectivity index (χ3n) is 4.94. The summed E-state index contributed by atoms with van der Waals surface area (Å²) < 4.78 is 22.7. The van der Waals surface area contributed by atoms with Crippen molar-refractivity contribution in [2.24, 2.45) is 10.9 Å². The molecule has 8 heteroatoms. The van der Waals surface area contributed by atoms with Gasteiger partial charge < -0.3 is 15.5 Å². The number of hydrogen-bond acceptors (Lipinski definition) is 4. The molecule has 156 valence electrons. The Hall–Kier alpha value is -0.0900. The summed E-state index contributed by atoms with van der Waals surface area (Å²) in [4.78, 5) is 7.10. The maximum absolute atomic E-state index is 11.3. The van der Waals surface area contributed by atoms with Gasteiger partial charge >= 0.3 is 0 Å². The monoisotopic (exact) mass is 502 g/mol. The van der Waals surface area contributed by atoms with E-state index >= 15 is 0 Å². The van der Waals surface area contributed by atoms with Gasteiger partial charge in [0.15, 0.2) is 5.96 Å². The predicted molar refractivity (Wildman–Crippen MR) is 122 cm³/mol. The number of nitrogens with one attached hydrogen (secondary N) is 2. The summed E-state index contributed by atoms with van der Waals surface area (Å²) in [5.74, 6) is 1.70. The van der Waals surface area contributed by atoms with Crippen LogP contribution < -0.4 is 10.6 Å². The van der Waals surface area contributed by atoms with Gasteiger partial charge in [-0.3, -0.25) is 4.99 Å². The van der Waals surface area contributed by atoms with Gasteiger partial charge in [-0.25, -0.2) is 8.42 Å². The van der Waals surface area contributed by atoms with E-state index in [1.165, 1.54) is 38.4 Å². The smallest absolute Gasteiger partial charge is 0.191 e. The van der Waals surface area contributed by atoms with Crippen molar-refractivity contribution in [2.75, 3.05) is 39.2 Å². The Morgan fingerprint density at radius 3 is 2.35 bits per heavy atom. The average molecular weight is 503 g/mol. The van der Waals surface area contributed by atoms with Crippen molar-refractivity contribution in [3.05, 3.63) is 0 Å². The van der Waals surface area contributed by atoms with Gasteiger partial charge in [0, 0.05) is 24.9 Å². The van der Waals surface area contributed by atoms with Crippen molar-refractivity contribution < 1.29 is 8.42 Å². The second kappa shape index (κ2) is 13.1. The van der Waals surface area contributed by atoms with E-state index in [-0.39, 0.29) is 35.8 Å². The standard InChI is InChI=1S/C18H38N4O2S.HI/c1-6-19-18(21-15(2)12-13-25(5,23)24)20-14-17(22(3)4)16-10-8-7-9-11-16;/h15-17H,6-14H2,1-5H3,(H2,19,20,21);1H. The van der Waals surface area contributed by atoms with Gasteiger partial charge in [0.1, 0.15) is 9.84 Å². The molecule has 0 aromatic heterocycles. The number of likely N-dealkylation sites (N-methyl/N-ethyl adjacent to an activating group) is 1. The molecule has 0 aromatic carbocycles. The van der Waals surface area contributed by atoms with Crippen LogP contribution >= 0.6 is 24.0 Å². The van der Waals surface area contributed by atoms with Crippen molar-refractivity contribution in [1.82, 2.24) is 15.5 Å². The first kappa shape index (κ1) is 25.9. The fourth-order valence-corrected chi connectivity index (χ4v) is 4.24. The molecule has 1 rings (SSSR count). The lowest BCUT2D eigenvalue weighted by Crippen LogP contribution is -2.45. The van der Waals surface area contributed by atoms with Gasteiger partial charge in [0.25, 0.3) is 0 Å². The second-order valence-electron chi connectivity index (χ2n) is 7.61. The van der Waals surface area contributed by atoms with Gasteiger partial charge in [0.05, 0.1) is 12.3 Å².